The van der Waals surface area contributed by atoms with Gasteiger partial charge in [0.2, 0.25) is 0 Å². The van der Waals surface area contributed by atoms with Crippen LogP contribution in [0.3, 0.4) is 0 Å². The van der Waals surface area contributed by atoms with Crippen LogP contribution >= 0.6 is 11.6 Å². The molecular weight excluding hydrogens is 291 g/mol. The molecule has 0 saturated carbocycles. The van der Waals surface area contributed by atoms with E-state index in [0.29, 0.717) is 12.3 Å². The summed E-state index contributed by atoms with van der Waals surface area (Å²) in [6.45, 7) is 4.55. The molecule has 1 saturated heterocycles. The highest BCUT2D eigenvalue weighted by Crippen LogP contribution is 2.36. The first-order chi connectivity index (χ1) is 9.17. The van der Waals surface area contributed by atoms with Crippen molar-refractivity contribution in [1.82, 2.24) is 0 Å². The standard InChI is InChI=1S/C14H17ClF3NO/c1-13(2)8-10(5-6-20-13)19-9-3-4-12(15)11(7-9)14(16,17)18/h3-4,7,10,19H,5-6,8H2,1-2H3. The Labute approximate surface area is 121 Å². The van der Waals surface area contributed by atoms with Crippen molar-refractivity contribution in [2.75, 3.05) is 11.9 Å². The molecule has 1 fully saturated rings. The van der Waals surface area contributed by atoms with Crippen molar-refractivity contribution in [2.45, 2.75) is 44.5 Å². The van der Waals surface area contributed by atoms with Crippen LogP contribution < -0.4 is 5.32 Å². The number of rotatable bonds is 2. The van der Waals surface area contributed by atoms with Crippen molar-refractivity contribution < 1.29 is 17.9 Å². The molecule has 1 unspecified atom stereocenters. The third kappa shape index (κ3) is 3.79. The van der Waals surface area contributed by atoms with Crippen LogP contribution in [0.4, 0.5) is 18.9 Å². The van der Waals surface area contributed by atoms with E-state index < -0.39 is 11.7 Å². The molecule has 1 aliphatic heterocycles. The number of nitrogens with one attached hydrogen (secondary N) is 1. The summed E-state index contributed by atoms with van der Waals surface area (Å²) in [7, 11) is 0. The summed E-state index contributed by atoms with van der Waals surface area (Å²) in [5, 5.41) is 2.86. The Kier molecular flexibility index (Phi) is 4.21. The molecule has 0 spiro atoms. The summed E-state index contributed by atoms with van der Waals surface area (Å²) in [5.41, 5.74) is -0.630. The van der Waals surface area contributed by atoms with Gasteiger partial charge in [-0.3, -0.25) is 0 Å². The lowest BCUT2D eigenvalue weighted by molar-refractivity contribution is -0.137. The lowest BCUT2D eigenvalue weighted by Crippen LogP contribution is -2.40. The molecule has 112 valence electrons. The number of ether oxygens (including phenoxy) is 1. The second-order valence-electron chi connectivity index (χ2n) is 5.63. The van der Waals surface area contributed by atoms with Gasteiger partial charge in [-0.2, -0.15) is 13.2 Å². The van der Waals surface area contributed by atoms with Gasteiger partial charge in [0.15, 0.2) is 0 Å². The van der Waals surface area contributed by atoms with E-state index in [0.717, 1.165) is 18.9 Å². The average molecular weight is 308 g/mol. The average Bonchev–Trinajstić information content (AvgIpc) is 2.29. The van der Waals surface area contributed by atoms with Crippen LogP contribution in [0.5, 0.6) is 0 Å². The molecule has 1 atom stereocenters. The number of hydrogen-bond acceptors (Lipinski definition) is 2. The number of anilines is 1. The molecule has 0 aliphatic carbocycles. The minimum atomic E-state index is -4.44. The maximum Gasteiger partial charge on any atom is 0.417 e. The molecule has 1 heterocycles. The van der Waals surface area contributed by atoms with Gasteiger partial charge < -0.3 is 10.1 Å². The van der Waals surface area contributed by atoms with Crippen LogP contribution in [0.1, 0.15) is 32.3 Å². The van der Waals surface area contributed by atoms with Gasteiger partial charge in [0, 0.05) is 18.3 Å². The molecule has 0 bridgehead atoms. The Bertz CT molecular complexity index is 488. The summed E-state index contributed by atoms with van der Waals surface area (Å²) in [5.74, 6) is 0. The van der Waals surface area contributed by atoms with Gasteiger partial charge >= 0.3 is 6.18 Å². The van der Waals surface area contributed by atoms with Crippen molar-refractivity contribution >= 4 is 17.3 Å². The second-order valence-corrected chi connectivity index (χ2v) is 6.04. The van der Waals surface area contributed by atoms with Gasteiger partial charge in [-0.05, 0) is 44.9 Å². The minimum absolute atomic E-state index is 0.0982. The minimum Gasteiger partial charge on any atom is -0.382 e. The van der Waals surface area contributed by atoms with E-state index in [-0.39, 0.29) is 16.7 Å². The maximum absolute atomic E-state index is 12.8. The number of halogens is 4. The zero-order valence-electron chi connectivity index (χ0n) is 11.4. The molecule has 6 heteroatoms. The van der Waals surface area contributed by atoms with E-state index in [1.807, 2.05) is 13.8 Å². The van der Waals surface area contributed by atoms with Crippen LogP contribution in [0.15, 0.2) is 18.2 Å². The number of hydrogen-bond donors (Lipinski definition) is 1. The smallest absolute Gasteiger partial charge is 0.382 e. The monoisotopic (exact) mass is 307 g/mol. The fourth-order valence-corrected chi connectivity index (χ4v) is 2.65. The highest BCUT2D eigenvalue weighted by molar-refractivity contribution is 6.31. The van der Waals surface area contributed by atoms with Crippen molar-refractivity contribution in [3.05, 3.63) is 28.8 Å². The molecule has 1 aliphatic rings. The predicted octanol–water partition coefficient (Wildman–Crippen LogP) is 4.73. The van der Waals surface area contributed by atoms with Crippen molar-refractivity contribution in [2.24, 2.45) is 0 Å². The molecule has 1 N–H and O–H groups in total. The Morgan fingerprint density at radius 1 is 1.35 bits per heavy atom. The van der Waals surface area contributed by atoms with E-state index in [9.17, 15) is 13.2 Å². The Morgan fingerprint density at radius 3 is 2.65 bits per heavy atom. The Balaban J connectivity index is 2.14. The molecule has 1 aromatic rings. The molecule has 0 aromatic heterocycles. The quantitative estimate of drug-likeness (QED) is 0.853. The van der Waals surface area contributed by atoms with Crippen LogP contribution in [-0.2, 0) is 10.9 Å². The molecule has 2 rings (SSSR count). The summed E-state index contributed by atoms with van der Waals surface area (Å²) in [4.78, 5) is 0. The highest BCUT2D eigenvalue weighted by atomic mass is 35.5. The van der Waals surface area contributed by atoms with Gasteiger partial charge in [0.1, 0.15) is 0 Å². The van der Waals surface area contributed by atoms with E-state index in [1.54, 1.807) is 6.07 Å². The summed E-state index contributed by atoms with van der Waals surface area (Å²) < 4.78 is 44.0. The van der Waals surface area contributed by atoms with Gasteiger partial charge in [0.05, 0.1) is 16.2 Å². The topological polar surface area (TPSA) is 21.3 Å². The van der Waals surface area contributed by atoms with Crippen LogP contribution in [0.25, 0.3) is 0 Å². The van der Waals surface area contributed by atoms with E-state index in [4.69, 9.17) is 16.3 Å². The highest BCUT2D eigenvalue weighted by Gasteiger charge is 2.34. The first-order valence-electron chi connectivity index (χ1n) is 6.45. The zero-order valence-corrected chi connectivity index (χ0v) is 12.1. The Morgan fingerprint density at radius 2 is 2.05 bits per heavy atom. The van der Waals surface area contributed by atoms with Crippen LogP contribution in [0.2, 0.25) is 5.02 Å². The van der Waals surface area contributed by atoms with Gasteiger partial charge in [0.25, 0.3) is 0 Å². The fourth-order valence-electron chi connectivity index (χ4n) is 2.42. The third-order valence-electron chi connectivity index (χ3n) is 3.34. The van der Waals surface area contributed by atoms with Gasteiger partial charge in [-0.15, -0.1) is 0 Å². The summed E-state index contributed by atoms with van der Waals surface area (Å²) in [6.07, 6.45) is -2.92. The lowest BCUT2D eigenvalue weighted by Gasteiger charge is -2.36. The van der Waals surface area contributed by atoms with E-state index in [1.165, 1.54) is 6.07 Å². The molecule has 20 heavy (non-hydrogen) atoms. The summed E-state index contributed by atoms with van der Waals surface area (Å²) in [6, 6.07) is 4.00. The first-order valence-corrected chi connectivity index (χ1v) is 6.82. The fraction of sp³-hybridized carbons (Fsp3) is 0.571. The largest absolute Gasteiger partial charge is 0.417 e. The molecule has 0 amide bonds. The summed E-state index contributed by atoms with van der Waals surface area (Å²) >= 11 is 5.60. The van der Waals surface area contributed by atoms with E-state index >= 15 is 0 Å². The first kappa shape index (κ1) is 15.4. The zero-order chi connectivity index (χ0) is 15.0. The van der Waals surface area contributed by atoms with Crippen LogP contribution in [-0.4, -0.2) is 18.2 Å². The Hall–Kier alpha value is -0.940. The van der Waals surface area contributed by atoms with E-state index in [2.05, 4.69) is 5.32 Å². The SMILES string of the molecule is CC1(C)CC(Nc2ccc(Cl)c(C(F)(F)F)c2)CCO1. The molecular formula is C14H17ClF3NO. The van der Waals surface area contributed by atoms with Gasteiger partial charge in [-0.1, -0.05) is 11.6 Å². The van der Waals surface area contributed by atoms with Crippen LogP contribution in [0, 0.1) is 0 Å². The number of benzene rings is 1. The number of alkyl halides is 3. The van der Waals surface area contributed by atoms with Crippen molar-refractivity contribution in [3.8, 4) is 0 Å². The van der Waals surface area contributed by atoms with Crippen molar-refractivity contribution in [1.29, 1.82) is 0 Å². The molecule has 2 nitrogen and oxygen atoms in total. The van der Waals surface area contributed by atoms with Gasteiger partial charge in [-0.25, -0.2) is 0 Å². The normalized spacial score (nSPS) is 22.6. The third-order valence-corrected chi connectivity index (χ3v) is 3.67. The lowest BCUT2D eigenvalue weighted by atomic mass is 9.93. The molecule has 1 aromatic carbocycles. The second kappa shape index (κ2) is 5.45. The molecule has 0 radical (unpaired) electrons. The predicted molar refractivity (Wildman–Crippen MR) is 73.1 cm³/mol. The van der Waals surface area contributed by atoms with Crippen molar-refractivity contribution in [3.63, 3.8) is 0 Å². The maximum atomic E-state index is 12.8.